The van der Waals surface area contributed by atoms with E-state index < -0.39 is 0 Å². The van der Waals surface area contributed by atoms with Crippen LogP contribution in [0.3, 0.4) is 0 Å². The number of rotatable bonds is 6. The first-order valence-electron chi connectivity index (χ1n) is 12.6. The van der Waals surface area contributed by atoms with Gasteiger partial charge in [-0.1, -0.05) is 61.9 Å². The highest BCUT2D eigenvalue weighted by Gasteiger charge is 2.53. The molecule has 1 amide bonds. The normalized spacial score (nSPS) is 28.4. The summed E-state index contributed by atoms with van der Waals surface area (Å²) in [6, 6.07) is 21.2. The first-order chi connectivity index (χ1) is 16.2. The van der Waals surface area contributed by atoms with Gasteiger partial charge in [0.15, 0.2) is 0 Å². The summed E-state index contributed by atoms with van der Waals surface area (Å²) >= 11 is 0. The van der Waals surface area contributed by atoms with Crippen LogP contribution >= 0.6 is 0 Å². The Morgan fingerprint density at radius 3 is 2.64 bits per heavy atom. The Hall–Kier alpha value is -2.72. The van der Waals surface area contributed by atoms with Crippen molar-refractivity contribution in [3.63, 3.8) is 0 Å². The van der Waals surface area contributed by atoms with Crippen LogP contribution in [0.4, 0.5) is 0 Å². The Morgan fingerprint density at radius 1 is 1.12 bits per heavy atom. The van der Waals surface area contributed by atoms with Gasteiger partial charge in [0.05, 0.1) is 17.0 Å². The maximum absolute atomic E-state index is 13.9. The van der Waals surface area contributed by atoms with Gasteiger partial charge in [-0.05, 0) is 67.3 Å². The minimum atomic E-state index is -0.364. The van der Waals surface area contributed by atoms with Crippen LogP contribution in [0.2, 0.25) is 0 Å². The summed E-state index contributed by atoms with van der Waals surface area (Å²) in [6.45, 7) is 4.63. The summed E-state index contributed by atoms with van der Waals surface area (Å²) < 4.78 is 0. The third kappa shape index (κ3) is 3.56. The van der Waals surface area contributed by atoms with E-state index in [9.17, 15) is 4.79 Å². The lowest BCUT2D eigenvalue weighted by Gasteiger charge is -2.52. The van der Waals surface area contributed by atoms with Gasteiger partial charge in [-0.3, -0.25) is 14.7 Å². The zero-order chi connectivity index (χ0) is 22.4. The van der Waals surface area contributed by atoms with Crippen molar-refractivity contribution in [3.8, 4) is 0 Å². The Balaban J connectivity index is 1.38. The van der Waals surface area contributed by atoms with Crippen LogP contribution in [0, 0.1) is 11.8 Å². The van der Waals surface area contributed by atoms with Gasteiger partial charge in [-0.15, -0.1) is 0 Å². The van der Waals surface area contributed by atoms with Crippen LogP contribution in [0.25, 0.3) is 10.9 Å². The fourth-order valence-electron chi connectivity index (χ4n) is 6.57. The Bertz CT molecular complexity index is 1150. The molecule has 4 fully saturated rings. The van der Waals surface area contributed by atoms with E-state index in [1.165, 1.54) is 24.8 Å². The summed E-state index contributed by atoms with van der Waals surface area (Å²) in [5.74, 6) is 1.75. The summed E-state index contributed by atoms with van der Waals surface area (Å²) in [5, 5.41) is 4.76. The minimum Gasteiger partial charge on any atom is -0.347 e. The molecule has 1 saturated carbocycles. The molecule has 33 heavy (non-hydrogen) atoms. The second-order valence-electron chi connectivity index (χ2n) is 10.3. The van der Waals surface area contributed by atoms with Crippen LogP contribution < -0.4 is 5.32 Å². The van der Waals surface area contributed by atoms with E-state index in [0.29, 0.717) is 6.04 Å². The predicted octanol–water partition coefficient (Wildman–Crippen LogP) is 5.24. The minimum absolute atomic E-state index is 0.0211. The summed E-state index contributed by atoms with van der Waals surface area (Å²) in [6.07, 6.45) is 7.48. The molecule has 1 N–H and O–H groups in total. The van der Waals surface area contributed by atoms with Crippen molar-refractivity contribution in [2.24, 2.45) is 11.8 Å². The SMILES string of the molecule is CC[C@H]1CN2CC[C@H]1C[C@@H]2[C@H](NC(=O)C1(c2ccccc2)CC1)c1ccnc2ccccc12. The molecule has 7 rings (SSSR count). The number of piperidine rings is 3. The van der Waals surface area contributed by atoms with Crippen LogP contribution in [-0.4, -0.2) is 34.9 Å². The van der Waals surface area contributed by atoms with Gasteiger partial charge in [-0.2, -0.15) is 0 Å². The molecule has 4 aliphatic rings. The number of pyridine rings is 1. The number of fused-ring (bicyclic) bond motifs is 4. The molecule has 0 radical (unpaired) electrons. The Morgan fingerprint density at radius 2 is 1.91 bits per heavy atom. The molecule has 2 bridgehead atoms. The fraction of sp³-hybridized carbons (Fsp3) is 0.448. The first kappa shape index (κ1) is 20.9. The molecule has 1 aliphatic carbocycles. The zero-order valence-corrected chi connectivity index (χ0v) is 19.4. The smallest absolute Gasteiger partial charge is 0.231 e. The number of carbonyl (C=O) groups excluding carboxylic acids is 1. The quantitative estimate of drug-likeness (QED) is 0.571. The zero-order valence-electron chi connectivity index (χ0n) is 19.4. The monoisotopic (exact) mass is 439 g/mol. The molecule has 1 unspecified atom stereocenters. The highest BCUT2D eigenvalue weighted by Crippen LogP contribution is 2.49. The first-order valence-corrected chi connectivity index (χ1v) is 12.6. The molecule has 4 heterocycles. The van der Waals surface area contributed by atoms with E-state index in [4.69, 9.17) is 0 Å². The van der Waals surface area contributed by atoms with E-state index in [-0.39, 0.29) is 17.4 Å². The van der Waals surface area contributed by atoms with Crippen molar-refractivity contribution < 1.29 is 4.79 Å². The van der Waals surface area contributed by atoms with E-state index in [2.05, 4.69) is 58.5 Å². The lowest BCUT2D eigenvalue weighted by atomic mass is 9.72. The van der Waals surface area contributed by atoms with Crippen LogP contribution in [0.1, 0.15) is 56.2 Å². The topological polar surface area (TPSA) is 45.2 Å². The molecule has 5 atom stereocenters. The van der Waals surface area contributed by atoms with Crippen molar-refractivity contribution in [3.05, 3.63) is 78.0 Å². The molecule has 3 saturated heterocycles. The van der Waals surface area contributed by atoms with Crippen molar-refractivity contribution in [1.29, 1.82) is 0 Å². The van der Waals surface area contributed by atoms with E-state index in [0.717, 1.165) is 54.2 Å². The second kappa shape index (κ2) is 8.25. The molecule has 3 aromatic rings. The number of para-hydroxylation sites is 1. The van der Waals surface area contributed by atoms with Crippen LogP contribution in [0.15, 0.2) is 66.9 Å². The number of carbonyl (C=O) groups is 1. The average Bonchev–Trinajstić information content (AvgIpc) is 3.70. The van der Waals surface area contributed by atoms with Crippen molar-refractivity contribution in [1.82, 2.24) is 15.2 Å². The Kier molecular flexibility index (Phi) is 5.21. The lowest BCUT2D eigenvalue weighted by Crippen LogP contribution is -2.58. The maximum Gasteiger partial charge on any atom is 0.231 e. The Labute approximate surface area is 196 Å². The van der Waals surface area contributed by atoms with Crippen LogP contribution in [-0.2, 0) is 10.2 Å². The van der Waals surface area contributed by atoms with E-state index >= 15 is 0 Å². The lowest BCUT2D eigenvalue weighted by molar-refractivity contribution is -0.125. The second-order valence-corrected chi connectivity index (χ2v) is 10.3. The number of nitrogens with zero attached hydrogens (tertiary/aromatic N) is 2. The number of hydrogen-bond donors (Lipinski definition) is 1. The molecular formula is C29H33N3O. The van der Waals surface area contributed by atoms with Gasteiger partial charge in [0.1, 0.15) is 0 Å². The molecule has 1 aromatic heterocycles. The van der Waals surface area contributed by atoms with Crippen LogP contribution in [0.5, 0.6) is 0 Å². The van der Waals surface area contributed by atoms with E-state index in [1.807, 2.05) is 30.5 Å². The number of amides is 1. The molecule has 2 aromatic carbocycles. The molecule has 170 valence electrons. The maximum atomic E-state index is 13.9. The van der Waals surface area contributed by atoms with Gasteiger partial charge in [0.25, 0.3) is 0 Å². The molecule has 4 nitrogen and oxygen atoms in total. The van der Waals surface area contributed by atoms with Gasteiger partial charge < -0.3 is 5.32 Å². The number of nitrogens with one attached hydrogen (secondary N) is 1. The molecule has 4 heteroatoms. The van der Waals surface area contributed by atoms with Crippen molar-refractivity contribution in [2.45, 2.75) is 56.5 Å². The predicted molar refractivity (Wildman–Crippen MR) is 132 cm³/mol. The molecule has 0 spiro atoms. The summed E-state index contributed by atoms with van der Waals surface area (Å²) in [5.41, 5.74) is 3.00. The summed E-state index contributed by atoms with van der Waals surface area (Å²) in [7, 11) is 0. The molecular weight excluding hydrogens is 406 g/mol. The van der Waals surface area contributed by atoms with Gasteiger partial charge in [-0.25, -0.2) is 0 Å². The average molecular weight is 440 g/mol. The third-order valence-electron chi connectivity index (χ3n) is 8.66. The van der Waals surface area contributed by atoms with E-state index in [1.54, 1.807) is 0 Å². The third-order valence-corrected chi connectivity index (χ3v) is 8.66. The number of hydrogen-bond acceptors (Lipinski definition) is 3. The highest BCUT2D eigenvalue weighted by molar-refractivity contribution is 5.92. The molecule has 3 aliphatic heterocycles. The standard InChI is InChI=1S/C29H33N3O/c1-2-20-19-32-17-13-21(20)18-26(32)27(24-12-16-30-25-11-7-6-10-23(24)25)31-28(33)29(14-15-29)22-8-4-3-5-9-22/h3-12,16,20-21,26-27H,2,13-15,17-19H2,1H3,(H,31,33)/t20-,21-,26+,27+/m0/s1. The summed E-state index contributed by atoms with van der Waals surface area (Å²) in [4.78, 5) is 21.1. The van der Waals surface area contributed by atoms with Crippen molar-refractivity contribution >= 4 is 16.8 Å². The largest absolute Gasteiger partial charge is 0.347 e. The van der Waals surface area contributed by atoms with Gasteiger partial charge in [0.2, 0.25) is 5.91 Å². The van der Waals surface area contributed by atoms with Crippen molar-refractivity contribution in [2.75, 3.05) is 13.1 Å². The fourth-order valence-corrected chi connectivity index (χ4v) is 6.57. The highest BCUT2D eigenvalue weighted by atomic mass is 16.2. The van der Waals surface area contributed by atoms with Gasteiger partial charge in [0, 0.05) is 24.2 Å². The van der Waals surface area contributed by atoms with Gasteiger partial charge >= 0.3 is 0 Å². The number of aromatic nitrogens is 1. The number of benzene rings is 2.